The van der Waals surface area contributed by atoms with Crippen LogP contribution in [0.2, 0.25) is 5.02 Å². The topological polar surface area (TPSA) is 74.6 Å². The number of pyridine rings is 1. The average Bonchev–Trinajstić information content (AvgIpc) is 2.79. The Morgan fingerprint density at radius 3 is 2.52 bits per heavy atom. The Bertz CT molecular complexity index is 1060. The van der Waals surface area contributed by atoms with E-state index in [1.807, 2.05) is 32.9 Å². The third-order valence-corrected chi connectivity index (χ3v) is 7.05. The van der Waals surface area contributed by atoms with Crippen LogP contribution in [0.4, 0.5) is 5.69 Å². The molecule has 1 aromatic carbocycles. The van der Waals surface area contributed by atoms with Crippen LogP contribution in [-0.4, -0.2) is 34.8 Å². The molecule has 1 fully saturated rings. The molecular formula is C26H36ClN3O3. The van der Waals surface area contributed by atoms with Crippen molar-refractivity contribution in [2.75, 3.05) is 18.1 Å². The van der Waals surface area contributed by atoms with Gasteiger partial charge in [-0.1, -0.05) is 30.9 Å². The fraction of sp³-hybridized carbons (Fsp3) is 0.538. The van der Waals surface area contributed by atoms with Crippen molar-refractivity contribution in [3.05, 3.63) is 61.5 Å². The van der Waals surface area contributed by atoms with E-state index in [4.69, 9.17) is 11.6 Å². The van der Waals surface area contributed by atoms with E-state index in [1.54, 1.807) is 10.6 Å². The number of nitrogens with one attached hydrogen (secondary N) is 1. The lowest BCUT2D eigenvalue weighted by Gasteiger charge is -2.36. The van der Waals surface area contributed by atoms with E-state index in [-0.39, 0.29) is 31.2 Å². The molecule has 33 heavy (non-hydrogen) atoms. The minimum Gasteiger partial charge on any atom is -0.395 e. The van der Waals surface area contributed by atoms with Crippen molar-refractivity contribution in [2.24, 2.45) is 0 Å². The number of carbonyl (C=O) groups is 1. The highest BCUT2D eigenvalue weighted by atomic mass is 35.5. The van der Waals surface area contributed by atoms with Crippen molar-refractivity contribution in [1.29, 1.82) is 0 Å². The van der Waals surface area contributed by atoms with Crippen LogP contribution in [0.3, 0.4) is 0 Å². The molecule has 0 radical (unpaired) electrons. The van der Waals surface area contributed by atoms with E-state index in [0.29, 0.717) is 22.2 Å². The largest absolute Gasteiger partial charge is 0.395 e. The summed E-state index contributed by atoms with van der Waals surface area (Å²) in [5, 5.41) is 12.8. The van der Waals surface area contributed by atoms with Gasteiger partial charge in [-0.05, 0) is 69.9 Å². The molecule has 0 bridgehead atoms. The van der Waals surface area contributed by atoms with Crippen LogP contribution in [0.5, 0.6) is 0 Å². The van der Waals surface area contributed by atoms with Gasteiger partial charge in [0.2, 0.25) is 0 Å². The second-order valence-corrected chi connectivity index (χ2v) is 9.42. The van der Waals surface area contributed by atoms with Crippen LogP contribution >= 0.6 is 11.6 Å². The van der Waals surface area contributed by atoms with Gasteiger partial charge in [-0.25, -0.2) is 0 Å². The van der Waals surface area contributed by atoms with E-state index >= 15 is 0 Å². The highest BCUT2D eigenvalue weighted by molar-refractivity contribution is 6.31. The molecule has 1 aliphatic carbocycles. The molecule has 6 nitrogen and oxygen atoms in total. The first kappa shape index (κ1) is 25.3. The number of aromatic nitrogens is 1. The molecule has 1 heterocycles. The van der Waals surface area contributed by atoms with Crippen LogP contribution < -0.4 is 15.8 Å². The zero-order valence-corrected chi connectivity index (χ0v) is 21.0. The number of amides is 1. The monoisotopic (exact) mass is 473 g/mol. The van der Waals surface area contributed by atoms with Gasteiger partial charge >= 0.3 is 0 Å². The Hall–Kier alpha value is -2.31. The number of carbonyl (C=O) groups excluding carboxylic acids is 1. The van der Waals surface area contributed by atoms with Crippen LogP contribution in [-0.2, 0) is 13.1 Å². The summed E-state index contributed by atoms with van der Waals surface area (Å²) in [6.45, 7) is 8.92. The van der Waals surface area contributed by atoms with Gasteiger partial charge in [0.05, 0.1) is 6.61 Å². The van der Waals surface area contributed by atoms with Gasteiger partial charge in [-0.15, -0.1) is 0 Å². The summed E-state index contributed by atoms with van der Waals surface area (Å²) in [5.74, 6) is -0.246. The normalized spacial score (nSPS) is 14.4. The third kappa shape index (κ3) is 5.61. The minimum atomic E-state index is -0.246. The lowest BCUT2D eigenvalue weighted by atomic mass is 9.93. The van der Waals surface area contributed by atoms with Crippen molar-refractivity contribution in [3.8, 4) is 0 Å². The van der Waals surface area contributed by atoms with E-state index in [9.17, 15) is 14.7 Å². The number of nitrogens with zero attached hydrogens (tertiary/aromatic N) is 2. The fourth-order valence-electron chi connectivity index (χ4n) is 5.04. The summed E-state index contributed by atoms with van der Waals surface area (Å²) in [5.41, 5.74) is 4.41. The molecule has 2 aromatic rings. The molecule has 3 rings (SSSR count). The highest BCUT2D eigenvalue weighted by Gasteiger charge is 2.24. The predicted molar refractivity (Wildman–Crippen MR) is 135 cm³/mol. The van der Waals surface area contributed by atoms with Gasteiger partial charge in [0, 0.05) is 53.2 Å². The van der Waals surface area contributed by atoms with Gasteiger partial charge in [-0.3, -0.25) is 9.59 Å². The number of aliphatic hydroxyl groups excluding tert-OH is 1. The molecular weight excluding hydrogens is 438 g/mol. The molecule has 0 spiro atoms. The molecule has 1 aromatic heterocycles. The fourth-order valence-corrected chi connectivity index (χ4v) is 5.26. The lowest BCUT2D eigenvalue weighted by molar-refractivity contribution is 0.0950. The van der Waals surface area contributed by atoms with Gasteiger partial charge in [0.15, 0.2) is 0 Å². The summed E-state index contributed by atoms with van der Waals surface area (Å²) in [6.07, 6.45) is 6.08. The molecule has 0 unspecified atom stereocenters. The quantitative estimate of drug-likeness (QED) is 0.591. The molecule has 2 N–H and O–H groups in total. The average molecular weight is 474 g/mol. The molecule has 1 amide bonds. The van der Waals surface area contributed by atoms with Crippen LogP contribution in [0.25, 0.3) is 0 Å². The number of aliphatic hydroxyl groups is 1. The summed E-state index contributed by atoms with van der Waals surface area (Å²) in [7, 11) is 0. The molecule has 1 aliphatic rings. The maximum atomic E-state index is 13.2. The Morgan fingerprint density at radius 2 is 1.88 bits per heavy atom. The van der Waals surface area contributed by atoms with Crippen molar-refractivity contribution in [1.82, 2.24) is 9.88 Å². The van der Waals surface area contributed by atoms with Gasteiger partial charge in [-0.2, -0.15) is 0 Å². The van der Waals surface area contributed by atoms with Crippen molar-refractivity contribution >= 4 is 23.2 Å². The number of halogens is 1. The Balaban J connectivity index is 1.87. The molecule has 0 atom stereocenters. The van der Waals surface area contributed by atoms with Gasteiger partial charge < -0.3 is 19.9 Å². The van der Waals surface area contributed by atoms with Crippen molar-refractivity contribution < 1.29 is 9.90 Å². The Kier molecular flexibility index (Phi) is 8.60. The number of rotatable bonds is 8. The number of hydrogen-bond acceptors (Lipinski definition) is 4. The first-order valence-corrected chi connectivity index (χ1v) is 12.3. The summed E-state index contributed by atoms with van der Waals surface area (Å²) in [4.78, 5) is 28.5. The minimum absolute atomic E-state index is 0.116. The number of benzene rings is 1. The summed E-state index contributed by atoms with van der Waals surface area (Å²) in [6, 6.07) is 6.04. The summed E-state index contributed by atoms with van der Waals surface area (Å²) >= 11 is 6.46. The van der Waals surface area contributed by atoms with Crippen molar-refractivity contribution in [3.63, 3.8) is 0 Å². The van der Waals surface area contributed by atoms with Gasteiger partial charge in [0.1, 0.15) is 0 Å². The molecule has 1 saturated carbocycles. The second-order valence-electron chi connectivity index (χ2n) is 8.99. The van der Waals surface area contributed by atoms with E-state index in [2.05, 4.69) is 17.1 Å². The predicted octanol–water partition coefficient (Wildman–Crippen LogP) is 4.51. The molecule has 180 valence electrons. The van der Waals surface area contributed by atoms with Crippen LogP contribution in [0, 0.1) is 20.8 Å². The Labute approximate surface area is 201 Å². The first-order chi connectivity index (χ1) is 15.8. The second kappa shape index (κ2) is 11.2. The van der Waals surface area contributed by atoms with E-state index < -0.39 is 0 Å². The highest BCUT2D eigenvalue weighted by Crippen LogP contribution is 2.33. The van der Waals surface area contributed by atoms with Crippen molar-refractivity contribution in [2.45, 2.75) is 78.9 Å². The smallest absolute Gasteiger partial charge is 0.256 e. The molecule has 7 heteroatoms. The SMILES string of the molecule is CCN(c1cc(Cl)cc(C(=O)NCc2c(C)cc(C)n(CCO)c2=O)c1C)C1CCCCC1. The number of anilines is 1. The third-order valence-electron chi connectivity index (χ3n) is 6.84. The molecule has 0 aliphatic heterocycles. The van der Waals surface area contributed by atoms with Crippen LogP contribution in [0.15, 0.2) is 23.0 Å². The maximum Gasteiger partial charge on any atom is 0.256 e. The first-order valence-electron chi connectivity index (χ1n) is 11.9. The van der Waals surface area contributed by atoms with E-state index in [0.717, 1.165) is 41.9 Å². The maximum absolute atomic E-state index is 13.2. The number of aryl methyl sites for hydroxylation is 2. The Morgan fingerprint density at radius 1 is 1.18 bits per heavy atom. The number of hydrogen-bond donors (Lipinski definition) is 2. The van der Waals surface area contributed by atoms with Gasteiger partial charge in [0.25, 0.3) is 11.5 Å². The lowest BCUT2D eigenvalue weighted by Crippen LogP contribution is -2.37. The van der Waals surface area contributed by atoms with Crippen LogP contribution in [0.1, 0.15) is 71.8 Å². The zero-order valence-electron chi connectivity index (χ0n) is 20.2. The zero-order chi connectivity index (χ0) is 24.1. The van der Waals surface area contributed by atoms with E-state index in [1.165, 1.54) is 19.3 Å². The summed E-state index contributed by atoms with van der Waals surface area (Å²) < 4.78 is 1.54. The molecule has 0 saturated heterocycles. The standard InChI is InChI=1S/C26H36ClN3O3/c1-5-29(21-9-7-6-8-10-21)24-15-20(27)14-22(19(24)4)25(32)28-16-23-17(2)13-18(3)30(11-12-31)26(23)33/h13-15,21,31H,5-12,16H2,1-4H3,(H,28,32).